The van der Waals surface area contributed by atoms with Gasteiger partial charge in [0.1, 0.15) is 5.75 Å². The number of methoxy groups -OCH3 is 3. The van der Waals surface area contributed by atoms with Crippen LogP contribution in [0.3, 0.4) is 0 Å². The van der Waals surface area contributed by atoms with E-state index in [1.54, 1.807) is 25.1 Å². The summed E-state index contributed by atoms with van der Waals surface area (Å²) in [7, 11) is 4.58. The van der Waals surface area contributed by atoms with Crippen molar-refractivity contribution in [3.63, 3.8) is 0 Å². The van der Waals surface area contributed by atoms with Gasteiger partial charge in [-0.1, -0.05) is 36.4 Å². The molecule has 0 radical (unpaired) electrons. The number of urea groups is 1. The molecule has 3 aromatic carbocycles. The van der Waals surface area contributed by atoms with Crippen molar-refractivity contribution >= 4 is 29.4 Å². The minimum atomic E-state index is -0.512. The largest absolute Gasteiger partial charge is 0.496 e. The monoisotopic (exact) mass is 461 g/mol. The second-order valence-corrected chi connectivity index (χ2v) is 7.17. The molecular weight excluding hydrogens is 434 g/mol. The molecule has 3 amide bonds. The summed E-state index contributed by atoms with van der Waals surface area (Å²) < 4.78 is 16.0. The number of carbonyl (C=O) groups excluding carboxylic acids is 2. The van der Waals surface area contributed by atoms with Gasteiger partial charge in [-0.3, -0.25) is 15.1 Å². The molecule has 0 aliphatic rings. The van der Waals surface area contributed by atoms with Crippen LogP contribution >= 0.6 is 0 Å². The van der Waals surface area contributed by atoms with Gasteiger partial charge in [-0.2, -0.15) is 0 Å². The molecule has 0 bridgehead atoms. The zero-order valence-corrected chi connectivity index (χ0v) is 19.5. The molecule has 0 aliphatic carbocycles. The van der Waals surface area contributed by atoms with Gasteiger partial charge in [0.05, 0.1) is 32.7 Å². The van der Waals surface area contributed by atoms with E-state index in [9.17, 15) is 9.59 Å². The number of hydrogen-bond acceptors (Lipinski definition) is 5. The lowest BCUT2D eigenvalue weighted by Gasteiger charge is -2.23. The van der Waals surface area contributed by atoms with Crippen LogP contribution in [0.15, 0.2) is 78.4 Å². The first-order valence-corrected chi connectivity index (χ1v) is 10.5. The number of para-hydroxylation sites is 2. The molecule has 3 rings (SSSR count). The molecular formula is C26H27N3O5. The Labute approximate surface area is 198 Å². The zero-order chi connectivity index (χ0) is 24.5. The van der Waals surface area contributed by atoms with E-state index in [1.165, 1.54) is 26.2 Å². The lowest BCUT2D eigenvalue weighted by atomic mass is 10.1. The quantitative estimate of drug-likeness (QED) is 0.393. The first-order valence-electron chi connectivity index (χ1n) is 10.5. The molecule has 0 aromatic heterocycles. The third-order valence-electron chi connectivity index (χ3n) is 4.98. The fourth-order valence-corrected chi connectivity index (χ4v) is 3.27. The second kappa shape index (κ2) is 11.4. The molecule has 8 nitrogen and oxygen atoms in total. The Balaban J connectivity index is 1.78. The molecule has 0 saturated carbocycles. The first-order chi connectivity index (χ1) is 16.5. The summed E-state index contributed by atoms with van der Waals surface area (Å²) in [4.78, 5) is 27.2. The van der Waals surface area contributed by atoms with E-state index in [1.807, 2.05) is 60.7 Å². The summed E-state index contributed by atoms with van der Waals surface area (Å²) in [5.41, 5.74) is 7.23. The number of nitrogens with zero attached hydrogens (tertiary/aromatic N) is 1. The van der Waals surface area contributed by atoms with Crippen LogP contribution in [0.5, 0.6) is 17.2 Å². The predicted octanol–water partition coefficient (Wildman–Crippen LogP) is 4.69. The van der Waals surface area contributed by atoms with Crippen molar-refractivity contribution in [1.29, 1.82) is 0 Å². The second-order valence-electron chi connectivity index (χ2n) is 7.17. The number of rotatable bonds is 7. The molecule has 0 heterocycles. The average Bonchev–Trinajstić information content (AvgIpc) is 2.88. The number of carbonyl (C=O) groups is 2. The fourth-order valence-electron chi connectivity index (χ4n) is 3.27. The third-order valence-corrected chi connectivity index (χ3v) is 4.98. The molecule has 0 atom stereocenters. The van der Waals surface area contributed by atoms with E-state index in [4.69, 9.17) is 14.2 Å². The number of anilines is 2. The van der Waals surface area contributed by atoms with Gasteiger partial charge in [-0.15, -0.1) is 0 Å². The molecule has 2 N–H and O–H groups in total. The van der Waals surface area contributed by atoms with Crippen LogP contribution in [0.4, 0.5) is 16.2 Å². The van der Waals surface area contributed by atoms with Crippen LogP contribution in [0.1, 0.15) is 12.5 Å². The summed E-state index contributed by atoms with van der Waals surface area (Å²) >= 11 is 0. The SMILES string of the molecule is COc1cc(OC)c(OC)cc1/C=C(/C)C(=O)NNC(=O)N(c1ccccc1)c1ccccc1. The summed E-state index contributed by atoms with van der Waals surface area (Å²) in [5.74, 6) is 1.03. The standard InChI is InChI=1S/C26H27N3O5/c1-18(15-19-16-23(33-3)24(34-4)17-22(19)32-2)25(30)27-28-26(31)29(20-11-7-5-8-12-20)21-13-9-6-10-14-21/h5-17H,1-4H3,(H,27,30)(H,28,31)/b18-15-. The summed E-state index contributed by atoms with van der Waals surface area (Å²) in [5, 5.41) is 0. The molecule has 0 unspecified atom stereocenters. The highest BCUT2D eigenvalue weighted by molar-refractivity contribution is 6.02. The maximum atomic E-state index is 13.0. The lowest BCUT2D eigenvalue weighted by molar-refractivity contribution is -0.118. The van der Waals surface area contributed by atoms with Gasteiger partial charge in [0.25, 0.3) is 5.91 Å². The van der Waals surface area contributed by atoms with Crippen molar-refractivity contribution in [2.45, 2.75) is 6.92 Å². The Bertz CT molecular complexity index is 1120. The fraction of sp³-hybridized carbons (Fsp3) is 0.154. The highest BCUT2D eigenvalue weighted by Crippen LogP contribution is 2.35. The minimum Gasteiger partial charge on any atom is -0.496 e. The van der Waals surface area contributed by atoms with Crippen LogP contribution in [0.25, 0.3) is 6.08 Å². The minimum absolute atomic E-state index is 0.344. The summed E-state index contributed by atoms with van der Waals surface area (Å²) in [6, 6.07) is 21.2. The van der Waals surface area contributed by atoms with Crippen molar-refractivity contribution in [3.8, 4) is 17.2 Å². The predicted molar refractivity (Wildman–Crippen MR) is 131 cm³/mol. The van der Waals surface area contributed by atoms with Crippen molar-refractivity contribution in [2.24, 2.45) is 0 Å². The van der Waals surface area contributed by atoms with Crippen LogP contribution in [-0.4, -0.2) is 33.3 Å². The molecule has 0 fully saturated rings. The highest BCUT2D eigenvalue weighted by atomic mass is 16.5. The van der Waals surface area contributed by atoms with Crippen molar-refractivity contribution in [3.05, 3.63) is 83.9 Å². The normalized spacial score (nSPS) is 10.8. The van der Waals surface area contributed by atoms with E-state index < -0.39 is 11.9 Å². The molecule has 3 aromatic rings. The number of nitrogens with one attached hydrogen (secondary N) is 2. The maximum Gasteiger partial charge on any atom is 0.345 e. The van der Waals surface area contributed by atoms with Crippen molar-refractivity contribution in [2.75, 3.05) is 26.2 Å². The van der Waals surface area contributed by atoms with Crippen molar-refractivity contribution in [1.82, 2.24) is 10.9 Å². The van der Waals surface area contributed by atoms with Crippen LogP contribution in [-0.2, 0) is 4.79 Å². The first kappa shape index (κ1) is 24.2. The van der Waals surface area contributed by atoms with E-state index in [0.717, 1.165) is 0 Å². The average molecular weight is 462 g/mol. The molecule has 8 heteroatoms. The number of amides is 3. The van der Waals surface area contributed by atoms with E-state index in [0.29, 0.717) is 39.8 Å². The number of benzene rings is 3. The Kier molecular flexibility index (Phi) is 8.12. The van der Waals surface area contributed by atoms with Crippen LogP contribution < -0.4 is 30.0 Å². The Morgan fingerprint density at radius 1 is 0.735 bits per heavy atom. The highest BCUT2D eigenvalue weighted by Gasteiger charge is 2.19. The molecule has 176 valence electrons. The number of hydrazine groups is 1. The van der Waals surface area contributed by atoms with Gasteiger partial charge < -0.3 is 14.2 Å². The Hall–Kier alpha value is -4.46. The van der Waals surface area contributed by atoms with E-state index in [-0.39, 0.29) is 0 Å². The van der Waals surface area contributed by atoms with Gasteiger partial charge in [-0.25, -0.2) is 10.2 Å². The van der Waals surface area contributed by atoms with Gasteiger partial charge in [0.2, 0.25) is 0 Å². The summed E-state index contributed by atoms with van der Waals surface area (Å²) in [6.07, 6.45) is 1.63. The zero-order valence-electron chi connectivity index (χ0n) is 19.5. The Morgan fingerprint density at radius 3 is 1.74 bits per heavy atom. The van der Waals surface area contributed by atoms with Gasteiger partial charge in [-0.05, 0) is 43.3 Å². The maximum absolute atomic E-state index is 13.0. The van der Waals surface area contributed by atoms with Gasteiger partial charge >= 0.3 is 6.03 Å². The topological polar surface area (TPSA) is 89.1 Å². The number of hydrogen-bond donors (Lipinski definition) is 2. The lowest BCUT2D eigenvalue weighted by Crippen LogP contribution is -2.47. The van der Waals surface area contributed by atoms with Gasteiger partial charge in [0, 0.05) is 17.2 Å². The molecule has 0 saturated heterocycles. The molecule has 0 aliphatic heterocycles. The molecule has 0 spiro atoms. The number of ether oxygens (including phenoxy) is 3. The van der Waals surface area contributed by atoms with Crippen molar-refractivity contribution < 1.29 is 23.8 Å². The third kappa shape index (κ3) is 5.66. The summed E-state index contributed by atoms with van der Waals surface area (Å²) in [6.45, 7) is 1.63. The Morgan fingerprint density at radius 2 is 1.24 bits per heavy atom. The van der Waals surface area contributed by atoms with E-state index >= 15 is 0 Å². The molecule has 34 heavy (non-hydrogen) atoms. The van der Waals surface area contributed by atoms with Gasteiger partial charge in [0.15, 0.2) is 11.5 Å². The van der Waals surface area contributed by atoms with Crippen LogP contribution in [0.2, 0.25) is 0 Å². The van der Waals surface area contributed by atoms with E-state index in [2.05, 4.69) is 10.9 Å². The van der Waals surface area contributed by atoms with Crippen LogP contribution in [0, 0.1) is 0 Å². The smallest absolute Gasteiger partial charge is 0.345 e.